The van der Waals surface area contributed by atoms with Crippen molar-refractivity contribution in [3.8, 4) is 0 Å². The Labute approximate surface area is 112 Å². The highest BCUT2D eigenvalue weighted by Crippen LogP contribution is 2.21. The van der Waals surface area contributed by atoms with Gasteiger partial charge in [0, 0.05) is 26.7 Å². The Morgan fingerprint density at radius 2 is 2.32 bits per heavy atom. The monoisotopic (exact) mass is 266 g/mol. The van der Waals surface area contributed by atoms with Crippen molar-refractivity contribution in [3.63, 3.8) is 0 Å². The third-order valence-corrected chi connectivity index (χ3v) is 3.23. The Morgan fingerprint density at radius 1 is 1.53 bits per heavy atom. The van der Waals surface area contributed by atoms with Crippen molar-refractivity contribution in [2.75, 3.05) is 32.1 Å². The van der Waals surface area contributed by atoms with Crippen molar-refractivity contribution in [1.29, 1.82) is 0 Å². The molecule has 5 heteroatoms. The number of amides is 1. The summed E-state index contributed by atoms with van der Waals surface area (Å²) in [5.74, 6) is -0.561. The fraction of sp³-hybridized carbons (Fsp3) is 0.500. The lowest BCUT2D eigenvalue weighted by molar-refractivity contribution is 0.0563. The van der Waals surface area contributed by atoms with E-state index in [0.717, 1.165) is 6.42 Å². The maximum absolute atomic E-state index is 13.7. The predicted molar refractivity (Wildman–Crippen MR) is 71.9 cm³/mol. The molecule has 19 heavy (non-hydrogen) atoms. The largest absolute Gasteiger partial charge is 0.385 e. The lowest BCUT2D eigenvalue weighted by atomic mass is 10.1. The second-order valence-electron chi connectivity index (χ2n) is 4.70. The zero-order chi connectivity index (χ0) is 13.8. The van der Waals surface area contributed by atoms with Gasteiger partial charge in [-0.15, -0.1) is 0 Å². The number of anilines is 1. The van der Waals surface area contributed by atoms with E-state index in [2.05, 4.69) is 5.32 Å². The molecule has 0 aromatic heterocycles. The molecular formula is C14H19FN2O2. The summed E-state index contributed by atoms with van der Waals surface area (Å²) in [5.41, 5.74) is 0.627. The average Bonchev–Trinajstić information content (AvgIpc) is 2.62. The van der Waals surface area contributed by atoms with Gasteiger partial charge in [-0.2, -0.15) is 0 Å². The van der Waals surface area contributed by atoms with Crippen LogP contribution in [0.2, 0.25) is 0 Å². The molecule has 0 saturated carbocycles. The number of nitrogens with one attached hydrogen (secondary N) is 1. The van der Waals surface area contributed by atoms with E-state index in [9.17, 15) is 9.18 Å². The van der Waals surface area contributed by atoms with Crippen LogP contribution < -0.4 is 5.32 Å². The van der Waals surface area contributed by atoms with Gasteiger partial charge in [-0.25, -0.2) is 4.39 Å². The van der Waals surface area contributed by atoms with E-state index >= 15 is 0 Å². The van der Waals surface area contributed by atoms with Crippen LogP contribution in [0.4, 0.5) is 10.1 Å². The minimum Gasteiger partial charge on any atom is -0.385 e. The van der Waals surface area contributed by atoms with Crippen LogP contribution in [-0.4, -0.2) is 43.7 Å². The van der Waals surface area contributed by atoms with Crippen LogP contribution in [0.25, 0.3) is 0 Å². The molecule has 0 radical (unpaired) electrons. The molecule has 1 fully saturated rings. The lowest BCUT2D eigenvalue weighted by Crippen LogP contribution is -2.36. The SMILES string of the molecule is CNc1c(F)cccc1C(=O)N1CCCOC(C)C1. The molecule has 1 heterocycles. The van der Waals surface area contributed by atoms with Crippen LogP contribution in [0.15, 0.2) is 18.2 Å². The molecular weight excluding hydrogens is 247 g/mol. The minimum absolute atomic E-state index is 0.0121. The Morgan fingerprint density at radius 3 is 3.05 bits per heavy atom. The van der Waals surface area contributed by atoms with Crippen molar-refractivity contribution in [1.82, 2.24) is 4.90 Å². The van der Waals surface area contributed by atoms with Gasteiger partial charge >= 0.3 is 0 Å². The average molecular weight is 266 g/mol. The van der Waals surface area contributed by atoms with Crippen LogP contribution in [0.3, 0.4) is 0 Å². The minimum atomic E-state index is -0.410. The molecule has 0 aliphatic carbocycles. The van der Waals surface area contributed by atoms with Crippen LogP contribution >= 0.6 is 0 Å². The maximum atomic E-state index is 13.7. The first kappa shape index (κ1) is 13.8. The first-order valence-corrected chi connectivity index (χ1v) is 6.50. The summed E-state index contributed by atoms with van der Waals surface area (Å²) in [7, 11) is 1.61. The number of halogens is 1. The number of rotatable bonds is 2. The van der Waals surface area contributed by atoms with Crippen LogP contribution in [0.5, 0.6) is 0 Å². The molecule has 1 aliphatic heterocycles. The predicted octanol–water partition coefficient (Wildman–Crippen LogP) is 2.12. The van der Waals surface area contributed by atoms with Crippen molar-refractivity contribution < 1.29 is 13.9 Å². The first-order chi connectivity index (χ1) is 9.13. The Hall–Kier alpha value is -1.62. The van der Waals surface area contributed by atoms with Gasteiger partial charge in [-0.05, 0) is 25.5 Å². The number of carbonyl (C=O) groups is 1. The standard InChI is InChI=1S/C14H19FN2O2/c1-10-9-17(7-4-8-19-10)14(18)11-5-3-6-12(15)13(11)16-2/h3,5-6,10,16H,4,7-9H2,1-2H3. The summed E-state index contributed by atoms with van der Waals surface area (Å²) in [5, 5.41) is 2.76. The van der Waals surface area contributed by atoms with Gasteiger partial charge in [0.2, 0.25) is 0 Å². The Kier molecular flexibility index (Phi) is 4.37. The van der Waals surface area contributed by atoms with Crippen molar-refractivity contribution in [2.45, 2.75) is 19.4 Å². The van der Waals surface area contributed by atoms with Crippen molar-refractivity contribution in [2.24, 2.45) is 0 Å². The second-order valence-corrected chi connectivity index (χ2v) is 4.70. The summed E-state index contributed by atoms with van der Waals surface area (Å²) in [6.45, 7) is 3.78. The van der Waals surface area contributed by atoms with E-state index in [1.54, 1.807) is 24.1 Å². The number of nitrogens with zero attached hydrogens (tertiary/aromatic N) is 1. The molecule has 4 nitrogen and oxygen atoms in total. The van der Waals surface area contributed by atoms with E-state index in [0.29, 0.717) is 25.3 Å². The molecule has 104 valence electrons. The highest BCUT2D eigenvalue weighted by Gasteiger charge is 2.23. The van der Waals surface area contributed by atoms with E-state index in [1.165, 1.54) is 6.07 Å². The molecule has 1 N–H and O–H groups in total. The maximum Gasteiger partial charge on any atom is 0.256 e. The van der Waals surface area contributed by atoms with Gasteiger partial charge in [0.1, 0.15) is 5.82 Å². The molecule has 0 spiro atoms. The van der Waals surface area contributed by atoms with Gasteiger partial charge in [-0.1, -0.05) is 6.07 Å². The molecule has 2 rings (SSSR count). The van der Waals surface area contributed by atoms with Gasteiger partial charge in [0.25, 0.3) is 5.91 Å². The molecule has 1 amide bonds. The smallest absolute Gasteiger partial charge is 0.256 e. The highest BCUT2D eigenvalue weighted by molar-refractivity contribution is 5.99. The van der Waals surface area contributed by atoms with Crippen LogP contribution in [0, 0.1) is 5.82 Å². The number of para-hydroxylation sites is 1. The van der Waals surface area contributed by atoms with E-state index in [-0.39, 0.29) is 17.7 Å². The second kappa shape index (κ2) is 6.02. The van der Waals surface area contributed by atoms with E-state index in [4.69, 9.17) is 4.74 Å². The van der Waals surface area contributed by atoms with Crippen molar-refractivity contribution in [3.05, 3.63) is 29.6 Å². The summed E-state index contributed by atoms with van der Waals surface area (Å²) < 4.78 is 19.2. The number of benzene rings is 1. The van der Waals surface area contributed by atoms with Gasteiger partial charge in [-0.3, -0.25) is 4.79 Å². The van der Waals surface area contributed by atoms with Crippen LogP contribution in [-0.2, 0) is 4.74 Å². The van der Waals surface area contributed by atoms with Gasteiger partial charge in [0.05, 0.1) is 17.4 Å². The molecule has 1 aliphatic rings. The number of hydrogen-bond donors (Lipinski definition) is 1. The Bertz CT molecular complexity index is 465. The number of carbonyl (C=O) groups excluding carboxylic acids is 1. The quantitative estimate of drug-likeness (QED) is 0.891. The Balaban J connectivity index is 2.25. The van der Waals surface area contributed by atoms with Crippen LogP contribution in [0.1, 0.15) is 23.7 Å². The third-order valence-electron chi connectivity index (χ3n) is 3.23. The summed E-state index contributed by atoms with van der Waals surface area (Å²) in [4.78, 5) is 14.2. The molecule has 1 atom stereocenters. The fourth-order valence-electron chi connectivity index (χ4n) is 2.31. The number of hydrogen-bond acceptors (Lipinski definition) is 3. The molecule has 0 bridgehead atoms. The molecule has 1 unspecified atom stereocenters. The molecule has 1 aromatic carbocycles. The highest BCUT2D eigenvalue weighted by atomic mass is 19.1. The topological polar surface area (TPSA) is 41.6 Å². The van der Waals surface area contributed by atoms with Gasteiger partial charge in [0.15, 0.2) is 0 Å². The van der Waals surface area contributed by atoms with E-state index in [1.807, 2.05) is 6.92 Å². The zero-order valence-electron chi connectivity index (χ0n) is 11.3. The van der Waals surface area contributed by atoms with E-state index < -0.39 is 5.82 Å². The van der Waals surface area contributed by atoms with Crippen molar-refractivity contribution >= 4 is 11.6 Å². The fourth-order valence-corrected chi connectivity index (χ4v) is 2.31. The molecule has 1 saturated heterocycles. The summed E-state index contributed by atoms with van der Waals surface area (Å²) in [6.07, 6.45) is 0.818. The summed E-state index contributed by atoms with van der Waals surface area (Å²) >= 11 is 0. The first-order valence-electron chi connectivity index (χ1n) is 6.50. The molecule has 1 aromatic rings. The van der Waals surface area contributed by atoms with Gasteiger partial charge < -0.3 is 15.0 Å². The number of ether oxygens (including phenoxy) is 1. The lowest BCUT2D eigenvalue weighted by Gasteiger charge is -2.23. The summed E-state index contributed by atoms with van der Waals surface area (Å²) in [6, 6.07) is 4.55. The normalized spacial score (nSPS) is 19.9. The zero-order valence-corrected chi connectivity index (χ0v) is 11.3. The third kappa shape index (κ3) is 3.04.